The standard InChI is InChI=1S/C16H16F3NO3S3/c17-16(18,19)23-12-3-5-13(6-4-12)26(21,22)20-8-7-15(25-11-9-20)14-2-1-10-24-14/h1-6,10,15H,7-9,11H2. The Labute approximate surface area is 158 Å². The number of halogens is 3. The molecule has 142 valence electrons. The van der Waals surface area contributed by atoms with Crippen molar-refractivity contribution in [3.05, 3.63) is 46.7 Å². The molecule has 3 rings (SSSR count). The van der Waals surface area contributed by atoms with Crippen LogP contribution in [0.15, 0.2) is 46.7 Å². The second-order valence-electron chi connectivity index (χ2n) is 5.59. The van der Waals surface area contributed by atoms with Gasteiger partial charge in [0.25, 0.3) is 0 Å². The molecule has 4 nitrogen and oxygen atoms in total. The van der Waals surface area contributed by atoms with Crippen molar-refractivity contribution in [1.29, 1.82) is 0 Å². The third-order valence-electron chi connectivity index (χ3n) is 3.86. The Kier molecular flexibility index (Phi) is 5.85. The lowest BCUT2D eigenvalue weighted by molar-refractivity contribution is -0.274. The molecule has 1 atom stereocenters. The van der Waals surface area contributed by atoms with E-state index in [1.165, 1.54) is 9.18 Å². The van der Waals surface area contributed by atoms with E-state index in [9.17, 15) is 21.6 Å². The van der Waals surface area contributed by atoms with Crippen LogP contribution in [0.25, 0.3) is 0 Å². The molecule has 0 amide bonds. The van der Waals surface area contributed by atoms with Crippen LogP contribution in [0.5, 0.6) is 5.75 Å². The lowest BCUT2D eigenvalue weighted by Gasteiger charge is -2.20. The molecular formula is C16H16F3NO3S3. The van der Waals surface area contributed by atoms with Crippen LogP contribution in [-0.2, 0) is 10.0 Å². The molecule has 0 saturated carbocycles. The van der Waals surface area contributed by atoms with E-state index in [1.807, 2.05) is 17.5 Å². The summed E-state index contributed by atoms with van der Waals surface area (Å²) in [4.78, 5) is 1.19. The maximum atomic E-state index is 12.8. The van der Waals surface area contributed by atoms with E-state index in [2.05, 4.69) is 4.74 Å². The Hall–Kier alpha value is -1.23. The van der Waals surface area contributed by atoms with Gasteiger partial charge >= 0.3 is 6.36 Å². The predicted molar refractivity (Wildman–Crippen MR) is 96.0 cm³/mol. The summed E-state index contributed by atoms with van der Waals surface area (Å²) >= 11 is 3.38. The maximum Gasteiger partial charge on any atom is 0.573 e. The first-order chi connectivity index (χ1) is 12.3. The number of alkyl halides is 3. The van der Waals surface area contributed by atoms with Gasteiger partial charge < -0.3 is 4.74 Å². The maximum absolute atomic E-state index is 12.8. The van der Waals surface area contributed by atoms with Crippen LogP contribution in [-0.4, -0.2) is 37.9 Å². The zero-order valence-electron chi connectivity index (χ0n) is 13.5. The van der Waals surface area contributed by atoms with E-state index in [-0.39, 0.29) is 10.1 Å². The molecule has 2 aromatic rings. The van der Waals surface area contributed by atoms with E-state index in [0.29, 0.717) is 25.3 Å². The first kappa shape index (κ1) is 19.5. The Balaban J connectivity index is 1.71. The monoisotopic (exact) mass is 423 g/mol. The first-order valence-electron chi connectivity index (χ1n) is 7.77. The van der Waals surface area contributed by atoms with E-state index in [0.717, 1.165) is 24.3 Å². The minimum Gasteiger partial charge on any atom is -0.406 e. The predicted octanol–water partition coefficient (Wildman–Crippen LogP) is 4.52. The van der Waals surface area contributed by atoms with Crippen LogP contribution in [0, 0.1) is 0 Å². The summed E-state index contributed by atoms with van der Waals surface area (Å²) in [5.74, 6) is 0.220. The third kappa shape index (κ3) is 4.73. The molecule has 1 aromatic carbocycles. The molecule has 0 aliphatic carbocycles. The van der Waals surface area contributed by atoms with Crippen LogP contribution < -0.4 is 4.74 Å². The first-order valence-corrected chi connectivity index (χ1v) is 11.1. The molecule has 1 saturated heterocycles. The van der Waals surface area contributed by atoms with Crippen LogP contribution in [0.2, 0.25) is 0 Å². The highest BCUT2D eigenvalue weighted by atomic mass is 32.2. The largest absolute Gasteiger partial charge is 0.573 e. The SMILES string of the molecule is O=S(=O)(c1ccc(OC(F)(F)F)cc1)N1CCSC(c2cccs2)CC1. The summed E-state index contributed by atoms with van der Waals surface area (Å²) in [6.45, 7) is 0.744. The number of ether oxygens (including phenoxy) is 1. The van der Waals surface area contributed by atoms with E-state index >= 15 is 0 Å². The van der Waals surface area contributed by atoms with Gasteiger partial charge in [-0.1, -0.05) is 6.07 Å². The zero-order chi connectivity index (χ0) is 18.8. The van der Waals surface area contributed by atoms with E-state index in [1.54, 1.807) is 23.1 Å². The van der Waals surface area contributed by atoms with Crippen molar-refractivity contribution in [2.75, 3.05) is 18.8 Å². The average molecular weight is 424 g/mol. The van der Waals surface area contributed by atoms with Crippen molar-refractivity contribution in [2.45, 2.75) is 22.9 Å². The summed E-state index contributed by atoms with van der Waals surface area (Å²) in [6, 6.07) is 8.34. The summed E-state index contributed by atoms with van der Waals surface area (Å²) in [5.41, 5.74) is 0. The van der Waals surface area contributed by atoms with Crippen molar-refractivity contribution in [1.82, 2.24) is 4.31 Å². The lowest BCUT2D eigenvalue weighted by Crippen LogP contribution is -2.33. The third-order valence-corrected chi connectivity index (χ3v) is 8.21. The van der Waals surface area contributed by atoms with Gasteiger partial charge in [-0.2, -0.15) is 16.1 Å². The highest BCUT2D eigenvalue weighted by Gasteiger charge is 2.32. The minimum atomic E-state index is -4.81. The number of hydrogen-bond donors (Lipinski definition) is 0. The number of benzene rings is 1. The topological polar surface area (TPSA) is 46.6 Å². The molecule has 10 heteroatoms. The normalized spacial score (nSPS) is 19.9. The Morgan fingerprint density at radius 3 is 2.46 bits per heavy atom. The molecule has 0 radical (unpaired) electrons. The molecule has 1 aromatic heterocycles. The number of thioether (sulfide) groups is 1. The van der Waals surface area contributed by atoms with Crippen LogP contribution in [0.4, 0.5) is 13.2 Å². The van der Waals surface area contributed by atoms with Crippen molar-refractivity contribution < 1.29 is 26.3 Å². The highest BCUT2D eigenvalue weighted by molar-refractivity contribution is 7.99. The van der Waals surface area contributed by atoms with Crippen molar-refractivity contribution in [3.63, 3.8) is 0 Å². The molecular weight excluding hydrogens is 407 g/mol. The van der Waals surface area contributed by atoms with Crippen molar-refractivity contribution in [3.8, 4) is 5.75 Å². The minimum absolute atomic E-state index is 0.0356. The van der Waals surface area contributed by atoms with E-state index in [4.69, 9.17) is 0 Å². The number of sulfonamides is 1. The molecule has 1 fully saturated rings. The average Bonchev–Trinajstić information content (AvgIpc) is 2.98. The number of hydrogen-bond acceptors (Lipinski definition) is 5. The molecule has 0 spiro atoms. The van der Waals surface area contributed by atoms with Gasteiger partial charge in [-0.15, -0.1) is 24.5 Å². The van der Waals surface area contributed by atoms with Gasteiger partial charge in [-0.25, -0.2) is 8.42 Å². The molecule has 26 heavy (non-hydrogen) atoms. The summed E-state index contributed by atoms with van der Waals surface area (Å²) < 4.78 is 67.4. The van der Waals surface area contributed by atoms with Crippen LogP contribution in [0.3, 0.4) is 0 Å². The van der Waals surface area contributed by atoms with Gasteiger partial charge in [0, 0.05) is 29.0 Å². The number of thiophene rings is 1. The summed E-state index contributed by atoms with van der Waals surface area (Å²) in [5, 5.41) is 2.26. The molecule has 1 aliphatic heterocycles. The van der Waals surface area contributed by atoms with Gasteiger partial charge in [0.05, 0.1) is 4.90 Å². The second-order valence-corrected chi connectivity index (χ2v) is 9.81. The summed E-state index contributed by atoms with van der Waals surface area (Å²) in [7, 11) is -3.75. The van der Waals surface area contributed by atoms with Gasteiger partial charge in [-0.3, -0.25) is 0 Å². The Bertz CT molecular complexity index is 821. The van der Waals surface area contributed by atoms with E-state index < -0.39 is 22.1 Å². The quantitative estimate of drug-likeness (QED) is 0.726. The Morgan fingerprint density at radius 2 is 1.85 bits per heavy atom. The van der Waals surface area contributed by atoms with Gasteiger partial charge in [-0.05, 0) is 42.1 Å². The van der Waals surface area contributed by atoms with Gasteiger partial charge in [0.15, 0.2) is 0 Å². The fraction of sp³-hybridized carbons (Fsp3) is 0.375. The molecule has 2 heterocycles. The highest BCUT2D eigenvalue weighted by Crippen LogP contribution is 2.37. The lowest BCUT2D eigenvalue weighted by atomic mass is 10.2. The molecule has 0 N–H and O–H groups in total. The fourth-order valence-electron chi connectivity index (χ4n) is 2.65. The summed E-state index contributed by atoms with van der Waals surface area (Å²) in [6.07, 6.45) is -4.11. The van der Waals surface area contributed by atoms with Crippen molar-refractivity contribution >= 4 is 33.1 Å². The van der Waals surface area contributed by atoms with Gasteiger partial charge in [0.2, 0.25) is 10.0 Å². The number of nitrogens with zero attached hydrogens (tertiary/aromatic N) is 1. The van der Waals surface area contributed by atoms with Crippen molar-refractivity contribution in [2.24, 2.45) is 0 Å². The Morgan fingerprint density at radius 1 is 1.12 bits per heavy atom. The molecule has 0 bridgehead atoms. The van der Waals surface area contributed by atoms with Crippen LogP contribution >= 0.6 is 23.1 Å². The van der Waals surface area contributed by atoms with Gasteiger partial charge in [0.1, 0.15) is 5.75 Å². The second kappa shape index (κ2) is 7.79. The molecule has 1 aliphatic rings. The fourth-order valence-corrected chi connectivity index (χ4v) is 6.46. The molecule has 1 unspecified atom stereocenters. The zero-order valence-corrected chi connectivity index (χ0v) is 15.9. The smallest absolute Gasteiger partial charge is 0.406 e. The number of rotatable bonds is 4. The van der Waals surface area contributed by atoms with Crippen LogP contribution in [0.1, 0.15) is 16.5 Å².